The fourth-order valence-corrected chi connectivity index (χ4v) is 6.28. The van der Waals surface area contributed by atoms with Crippen LogP contribution in [0.5, 0.6) is 0 Å². The molecule has 140 valence electrons. The van der Waals surface area contributed by atoms with E-state index in [1.165, 1.54) is 17.5 Å². The summed E-state index contributed by atoms with van der Waals surface area (Å²) in [5, 5.41) is 0. The van der Waals surface area contributed by atoms with Crippen LogP contribution < -0.4 is 0 Å². The van der Waals surface area contributed by atoms with Gasteiger partial charge in [0.1, 0.15) is 0 Å². The third-order valence-corrected chi connectivity index (χ3v) is 7.11. The minimum Gasteiger partial charge on any atom is -0.0808 e. The lowest BCUT2D eigenvalue weighted by atomic mass is 9.49. The van der Waals surface area contributed by atoms with Crippen LogP contribution in [0.2, 0.25) is 0 Å². The van der Waals surface area contributed by atoms with Gasteiger partial charge < -0.3 is 0 Å². The predicted octanol–water partition coefficient (Wildman–Crippen LogP) is 7.03. The summed E-state index contributed by atoms with van der Waals surface area (Å²) in [7, 11) is 0. The maximum Gasteiger partial charge on any atom is 0.0287 e. The van der Waals surface area contributed by atoms with E-state index in [1.807, 2.05) is 0 Å². The van der Waals surface area contributed by atoms with Crippen molar-refractivity contribution in [1.82, 2.24) is 0 Å². The molecule has 2 aromatic rings. The highest BCUT2D eigenvalue weighted by atomic mass is 14.6. The molecule has 4 atom stereocenters. The number of hydrogen-bond acceptors (Lipinski definition) is 0. The molecule has 0 aliphatic heterocycles. The lowest BCUT2D eigenvalue weighted by Crippen LogP contribution is -2.50. The second kappa shape index (κ2) is 6.82. The fraction of sp³-hybridized carbons (Fsp3) is 0.407. The Morgan fingerprint density at radius 3 is 1.78 bits per heavy atom. The molecule has 0 aromatic heterocycles. The van der Waals surface area contributed by atoms with E-state index in [0.29, 0.717) is 23.7 Å². The Hall–Kier alpha value is -2.08. The van der Waals surface area contributed by atoms with Crippen molar-refractivity contribution in [3.8, 4) is 0 Å². The zero-order valence-electron chi connectivity index (χ0n) is 17.1. The summed E-state index contributed by atoms with van der Waals surface area (Å²) in [6.07, 6.45) is 10.7. The molecule has 0 amide bonds. The third kappa shape index (κ3) is 2.81. The first-order chi connectivity index (χ1) is 13.0. The van der Waals surface area contributed by atoms with E-state index in [1.54, 1.807) is 0 Å². The molecule has 0 heteroatoms. The monoisotopic (exact) mass is 356 g/mol. The van der Waals surface area contributed by atoms with Crippen molar-refractivity contribution in [2.24, 2.45) is 29.1 Å². The van der Waals surface area contributed by atoms with Gasteiger partial charge in [0.25, 0.3) is 0 Å². The van der Waals surface area contributed by atoms with Gasteiger partial charge in [0.05, 0.1) is 0 Å². The lowest BCUT2D eigenvalue weighted by Gasteiger charge is -2.53. The topological polar surface area (TPSA) is 0 Å². The van der Waals surface area contributed by atoms with Crippen molar-refractivity contribution in [2.75, 3.05) is 0 Å². The van der Waals surface area contributed by atoms with Crippen LogP contribution in [0.25, 0.3) is 0 Å². The Labute approximate surface area is 165 Å². The van der Waals surface area contributed by atoms with E-state index in [2.05, 4.69) is 113 Å². The van der Waals surface area contributed by atoms with Gasteiger partial charge in [-0.15, -0.1) is 0 Å². The van der Waals surface area contributed by atoms with Crippen LogP contribution >= 0.6 is 0 Å². The summed E-state index contributed by atoms with van der Waals surface area (Å²) in [5.74, 6) is 2.52. The number of fused-ring (bicyclic) bond motifs is 1. The third-order valence-electron chi connectivity index (χ3n) is 7.11. The molecule has 0 radical (unpaired) electrons. The molecule has 0 saturated heterocycles. The smallest absolute Gasteiger partial charge is 0.0287 e. The molecule has 1 fully saturated rings. The Morgan fingerprint density at radius 2 is 1.26 bits per heavy atom. The lowest BCUT2D eigenvalue weighted by molar-refractivity contribution is 0.0993. The molecule has 0 N–H and O–H groups in total. The standard InChI is InChI=1S/C27H32/c1-20-19-21-13-11-12-18-24(21)25(20)27(26(2,3)4,22-14-7-5-8-15-22)23-16-9-6-10-17-23/h5-18,20-21,24-25H,19H2,1-4H3. The zero-order chi connectivity index (χ0) is 19.1. The van der Waals surface area contributed by atoms with Gasteiger partial charge in [0.15, 0.2) is 0 Å². The van der Waals surface area contributed by atoms with Crippen LogP contribution in [0.1, 0.15) is 45.2 Å². The zero-order valence-corrected chi connectivity index (χ0v) is 17.1. The van der Waals surface area contributed by atoms with E-state index < -0.39 is 0 Å². The molecule has 2 aliphatic rings. The van der Waals surface area contributed by atoms with E-state index in [-0.39, 0.29) is 10.8 Å². The maximum atomic E-state index is 2.49. The highest BCUT2D eigenvalue weighted by molar-refractivity contribution is 5.45. The summed E-state index contributed by atoms with van der Waals surface area (Å²) in [6, 6.07) is 22.6. The van der Waals surface area contributed by atoms with E-state index in [9.17, 15) is 0 Å². The van der Waals surface area contributed by atoms with Crippen LogP contribution in [-0.4, -0.2) is 0 Å². The summed E-state index contributed by atoms with van der Waals surface area (Å²) < 4.78 is 0. The molecule has 2 aliphatic carbocycles. The highest BCUT2D eigenvalue weighted by Crippen LogP contribution is 2.61. The van der Waals surface area contributed by atoms with Crippen LogP contribution in [-0.2, 0) is 5.41 Å². The highest BCUT2D eigenvalue weighted by Gasteiger charge is 2.57. The maximum absolute atomic E-state index is 2.49. The molecule has 0 nitrogen and oxygen atoms in total. The van der Waals surface area contributed by atoms with E-state index in [0.717, 1.165) is 0 Å². The molecule has 4 unspecified atom stereocenters. The average Bonchev–Trinajstić information content (AvgIpc) is 3.00. The van der Waals surface area contributed by atoms with Crippen molar-refractivity contribution in [2.45, 2.75) is 39.5 Å². The van der Waals surface area contributed by atoms with Gasteiger partial charge in [-0.05, 0) is 46.6 Å². The predicted molar refractivity (Wildman–Crippen MR) is 116 cm³/mol. The SMILES string of the molecule is CC1CC2C=CC=CC2C1C(c1ccccc1)(c1ccccc1)C(C)(C)C. The Balaban J connectivity index is 2.02. The van der Waals surface area contributed by atoms with Gasteiger partial charge in [0.2, 0.25) is 0 Å². The second-order valence-corrected chi connectivity index (χ2v) is 9.54. The number of allylic oxidation sites excluding steroid dienone is 4. The van der Waals surface area contributed by atoms with E-state index in [4.69, 9.17) is 0 Å². The Kier molecular flexibility index (Phi) is 4.62. The quantitative estimate of drug-likeness (QED) is 0.553. The summed E-state index contributed by atoms with van der Waals surface area (Å²) >= 11 is 0. The van der Waals surface area contributed by atoms with Gasteiger partial charge >= 0.3 is 0 Å². The van der Waals surface area contributed by atoms with Crippen molar-refractivity contribution in [3.63, 3.8) is 0 Å². The molecule has 27 heavy (non-hydrogen) atoms. The Morgan fingerprint density at radius 1 is 0.741 bits per heavy atom. The molecular weight excluding hydrogens is 324 g/mol. The molecule has 4 rings (SSSR count). The largest absolute Gasteiger partial charge is 0.0808 e. The molecule has 0 bridgehead atoms. The van der Waals surface area contributed by atoms with Crippen molar-refractivity contribution in [1.29, 1.82) is 0 Å². The minimum absolute atomic E-state index is 0.0239. The van der Waals surface area contributed by atoms with Gasteiger partial charge in [-0.1, -0.05) is 113 Å². The molecule has 0 spiro atoms. The Bertz CT molecular complexity index is 780. The summed E-state index contributed by atoms with van der Waals surface area (Å²) in [5.41, 5.74) is 3.00. The van der Waals surface area contributed by atoms with Crippen LogP contribution in [0.3, 0.4) is 0 Å². The average molecular weight is 357 g/mol. The molecule has 0 heterocycles. The van der Waals surface area contributed by atoms with Crippen LogP contribution in [0, 0.1) is 29.1 Å². The van der Waals surface area contributed by atoms with E-state index >= 15 is 0 Å². The van der Waals surface area contributed by atoms with Crippen molar-refractivity contribution in [3.05, 3.63) is 96.1 Å². The fourth-order valence-electron chi connectivity index (χ4n) is 6.28. The summed E-state index contributed by atoms with van der Waals surface area (Å²) in [6.45, 7) is 9.80. The number of hydrogen-bond donors (Lipinski definition) is 0. The van der Waals surface area contributed by atoms with Crippen molar-refractivity contribution >= 4 is 0 Å². The first-order valence-electron chi connectivity index (χ1n) is 10.4. The normalized spacial score (nSPS) is 27.6. The number of benzene rings is 2. The second-order valence-electron chi connectivity index (χ2n) is 9.54. The molecular formula is C27H32. The first kappa shape index (κ1) is 18.3. The molecule has 1 saturated carbocycles. The van der Waals surface area contributed by atoms with Gasteiger partial charge in [-0.3, -0.25) is 0 Å². The summed E-state index contributed by atoms with van der Waals surface area (Å²) in [4.78, 5) is 0. The minimum atomic E-state index is -0.0239. The number of rotatable bonds is 3. The van der Waals surface area contributed by atoms with Gasteiger partial charge in [0, 0.05) is 5.41 Å². The van der Waals surface area contributed by atoms with Crippen LogP contribution in [0.4, 0.5) is 0 Å². The van der Waals surface area contributed by atoms with Crippen LogP contribution in [0.15, 0.2) is 85.0 Å². The van der Waals surface area contributed by atoms with Crippen molar-refractivity contribution < 1.29 is 0 Å². The van der Waals surface area contributed by atoms with Gasteiger partial charge in [-0.2, -0.15) is 0 Å². The molecule has 2 aromatic carbocycles. The first-order valence-corrected chi connectivity index (χ1v) is 10.4. The van der Waals surface area contributed by atoms with Gasteiger partial charge in [-0.25, -0.2) is 0 Å².